The topological polar surface area (TPSA) is 85.3 Å². The van der Waals surface area contributed by atoms with E-state index in [9.17, 15) is 13.2 Å². The van der Waals surface area contributed by atoms with Gasteiger partial charge in [-0.15, -0.1) is 0 Å². The van der Waals surface area contributed by atoms with Gasteiger partial charge in [0.2, 0.25) is 6.79 Å². The van der Waals surface area contributed by atoms with Crippen LogP contribution in [0.4, 0.5) is 0 Å². The molecule has 2 atom stereocenters. The fourth-order valence-electron chi connectivity index (χ4n) is 3.98. The van der Waals surface area contributed by atoms with Crippen molar-refractivity contribution in [1.82, 2.24) is 4.90 Å². The van der Waals surface area contributed by atoms with E-state index < -0.39 is 9.84 Å². The molecule has 2 saturated heterocycles. The highest BCUT2D eigenvalue weighted by Crippen LogP contribution is 2.40. The van der Waals surface area contributed by atoms with E-state index in [4.69, 9.17) is 21.1 Å². The lowest BCUT2D eigenvalue weighted by atomic mass is 10.1. The highest BCUT2D eigenvalue weighted by Gasteiger charge is 2.48. The molecule has 0 N–H and O–H groups in total. The molecule has 3 aliphatic rings. The highest BCUT2D eigenvalue weighted by atomic mass is 35.5. The molecule has 1 amide bonds. The van der Waals surface area contributed by atoms with E-state index in [0.29, 0.717) is 28.2 Å². The largest absolute Gasteiger partial charge is 0.454 e. The minimum atomic E-state index is -3.10. The fraction of sp³-hybridized carbons (Fsp3) is 0.333. The molecule has 0 aliphatic carbocycles. The molecule has 2 fully saturated rings. The van der Waals surface area contributed by atoms with Gasteiger partial charge in [-0.05, 0) is 35.4 Å². The number of carbonyl (C=O) groups is 1. The maximum absolute atomic E-state index is 12.6. The van der Waals surface area contributed by atoms with Crippen LogP contribution in [0.2, 0.25) is 5.02 Å². The van der Waals surface area contributed by atoms with Crippen LogP contribution in [0.1, 0.15) is 11.1 Å². The van der Waals surface area contributed by atoms with Crippen molar-refractivity contribution < 1.29 is 22.7 Å². The van der Waals surface area contributed by atoms with Crippen molar-refractivity contribution in [2.45, 2.75) is 24.3 Å². The second-order valence-corrected chi connectivity index (χ2v) is 11.5. The minimum Gasteiger partial charge on any atom is -0.454 e. The Morgan fingerprint density at radius 1 is 1.10 bits per heavy atom. The molecule has 0 bridgehead atoms. The Hall–Kier alpha value is -2.23. The number of ether oxygens (including phenoxy) is 2. The van der Waals surface area contributed by atoms with Gasteiger partial charge in [-0.3, -0.25) is 4.79 Å². The van der Waals surface area contributed by atoms with Crippen LogP contribution >= 0.6 is 23.4 Å². The van der Waals surface area contributed by atoms with Crippen LogP contribution in [0.5, 0.6) is 11.5 Å². The van der Waals surface area contributed by atoms with Crippen molar-refractivity contribution in [3.63, 3.8) is 0 Å². The number of hydrogen-bond acceptors (Lipinski definition) is 6. The van der Waals surface area contributed by atoms with E-state index >= 15 is 0 Å². The van der Waals surface area contributed by atoms with Gasteiger partial charge in [0.25, 0.3) is 5.91 Å². The van der Waals surface area contributed by atoms with Crippen LogP contribution in [0.3, 0.4) is 0 Å². The van der Waals surface area contributed by atoms with Crippen LogP contribution in [-0.4, -0.2) is 54.0 Å². The highest BCUT2D eigenvalue weighted by molar-refractivity contribution is 8.15. The quantitative estimate of drug-likeness (QED) is 0.667. The Balaban J connectivity index is 1.39. The molecule has 2 aromatic carbocycles. The summed E-state index contributed by atoms with van der Waals surface area (Å²) in [6, 6.07) is 12.5. The Labute approximate surface area is 189 Å². The first kappa shape index (κ1) is 20.7. The van der Waals surface area contributed by atoms with E-state index in [1.54, 1.807) is 24.3 Å². The van der Waals surface area contributed by atoms with Crippen molar-refractivity contribution in [2.24, 2.45) is 4.99 Å². The molecule has 7 nitrogen and oxygen atoms in total. The van der Waals surface area contributed by atoms with Gasteiger partial charge >= 0.3 is 0 Å². The van der Waals surface area contributed by atoms with Crippen LogP contribution in [-0.2, 0) is 27.6 Å². The number of benzene rings is 2. The molecule has 0 spiro atoms. The van der Waals surface area contributed by atoms with Crippen molar-refractivity contribution in [2.75, 3.05) is 18.3 Å². The van der Waals surface area contributed by atoms with E-state index in [1.165, 1.54) is 11.8 Å². The summed E-state index contributed by atoms with van der Waals surface area (Å²) in [6.45, 7) is 0.626. The molecule has 0 unspecified atom stereocenters. The van der Waals surface area contributed by atoms with Gasteiger partial charge in [-0.25, -0.2) is 8.42 Å². The number of aliphatic imine (C=N–C) groups is 1. The zero-order valence-corrected chi connectivity index (χ0v) is 18.8. The molecule has 10 heteroatoms. The number of halogens is 1. The molecule has 5 rings (SSSR count). The van der Waals surface area contributed by atoms with Crippen LogP contribution in [0.25, 0.3) is 0 Å². The van der Waals surface area contributed by atoms with Gasteiger partial charge < -0.3 is 14.4 Å². The first-order chi connectivity index (χ1) is 14.9. The number of carbonyl (C=O) groups excluding carboxylic acids is 1. The van der Waals surface area contributed by atoms with Crippen molar-refractivity contribution in [1.29, 1.82) is 0 Å². The molecule has 162 valence electrons. The van der Waals surface area contributed by atoms with Gasteiger partial charge in [0.05, 0.1) is 24.0 Å². The van der Waals surface area contributed by atoms with E-state index in [2.05, 4.69) is 4.99 Å². The Morgan fingerprint density at radius 3 is 2.65 bits per heavy atom. The monoisotopic (exact) mass is 478 g/mol. The summed E-state index contributed by atoms with van der Waals surface area (Å²) >= 11 is 7.28. The Bertz CT molecular complexity index is 1170. The van der Waals surface area contributed by atoms with Crippen molar-refractivity contribution in [3.05, 3.63) is 58.6 Å². The minimum absolute atomic E-state index is 0.0691. The third-order valence-electron chi connectivity index (χ3n) is 5.45. The summed E-state index contributed by atoms with van der Waals surface area (Å²) in [5.41, 5.74) is 1.76. The maximum Gasteiger partial charge on any atom is 0.252 e. The molecule has 0 saturated carbocycles. The summed E-state index contributed by atoms with van der Waals surface area (Å²) in [5.74, 6) is 1.25. The predicted octanol–water partition coefficient (Wildman–Crippen LogP) is 2.91. The number of nitrogens with zero attached hydrogens (tertiary/aromatic N) is 2. The zero-order chi connectivity index (χ0) is 21.6. The summed E-state index contributed by atoms with van der Waals surface area (Å²) in [7, 11) is -3.10. The average Bonchev–Trinajstić information content (AvgIpc) is 3.37. The molecule has 3 aliphatic heterocycles. The number of sulfone groups is 1. The van der Waals surface area contributed by atoms with Gasteiger partial charge in [-0.2, -0.15) is 4.99 Å². The summed E-state index contributed by atoms with van der Waals surface area (Å²) in [5, 5.41) is 1.06. The predicted molar refractivity (Wildman–Crippen MR) is 120 cm³/mol. The molecule has 2 aromatic rings. The Kier molecular flexibility index (Phi) is 5.35. The average molecular weight is 479 g/mol. The van der Waals surface area contributed by atoms with Gasteiger partial charge in [-0.1, -0.05) is 41.6 Å². The normalized spacial score (nSPS) is 24.5. The molecule has 0 aromatic heterocycles. The number of thioether (sulfide) groups is 1. The van der Waals surface area contributed by atoms with Crippen LogP contribution in [0, 0.1) is 0 Å². The number of rotatable bonds is 4. The van der Waals surface area contributed by atoms with E-state index in [0.717, 1.165) is 11.1 Å². The lowest BCUT2D eigenvalue weighted by molar-refractivity contribution is -0.117. The smallest absolute Gasteiger partial charge is 0.252 e. The third kappa shape index (κ3) is 4.40. The lowest BCUT2D eigenvalue weighted by Gasteiger charge is -2.24. The third-order valence-corrected chi connectivity index (χ3v) is 8.95. The van der Waals surface area contributed by atoms with E-state index in [1.807, 2.05) is 23.1 Å². The number of amides is 1. The van der Waals surface area contributed by atoms with Crippen molar-refractivity contribution in [3.8, 4) is 11.5 Å². The molecular weight excluding hydrogens is 460 g/mol. The van der Waals surface area contributed by atoms with Gasteiger partial charge in [0.15, 0.2) is 26.5 Å². The van der Waals surface area contributed by atoms with Crippen LogP contribution in [0.15, 0.2) is 47.5 Å². The number of hydrogen-bond donors (Lipinski definition) is 0. The van der Waals surface area contributed by atoms with Gasteiger partial charge in [0, 0.05) is 16.8 Å². The molecular formula is C21H19ClN2O5S2. The van der Waals surface area contributed by atoms with E-state index in [-0.39, 0.29) is 41.9 Å². The molecule has 3 heterocycles. The number of amidine groups is 1. The standard InChI is InChI=1S/C21H19ClN2O5S2/c22-15-4-1-13(2-5-15)8-20(25)23-21-24(16-10-31(26,27)11-19(16)30-21)9-14-3-6-17-18(7-14)29-12-28-17/h1-7,16,19H,8-12H2/t16-,19-/m1/s1. The van der Waals surface area contributed by atoms with Gasteiger partial charge in [0.1, 0.15) is 0 Å². The van der Waals surface area contributed by atoms with Crippen LogP contribution < -0.4 is 9.47 Å². The second-order valence-electron chi connectivity index (χ2n) is 7.71. The first-order valence-electron chi connectivity index (χ1n) is 9.74. The Morgan fingerprint density at radius 2 is 1.84 bits per heavy atom. The first-order valence-corrected chi connectivity index (χ1v) is 12.8. The van der Waals surface area contributed by atoms with Crippen molar-refractivity contribution >= 4 is 44.3 Å². The lowest BCUT2D eigenvalue weighted by Crippen LogP contribution is -2.37. The summed E-state index contributed by atoms with van der Waals surface area (Å²) < 4.78 is 35.2. The number of fused-ring (bicyclic) bond motifs is 2. The SMILES string of the molecule is O=C(Cc1ccc(Cl)cc1)N=C1S[C@@H]2CS(=O)(=O)C[C@H]2N1Cc1ccc2c(c1)OCO2. The maximum atomic E-state index is 12.6. The summed E-state index contributed by atoms with van der Waals surface area (Å²) in [6.07, 6.45) is 0.159. The summed E-state index contributed by atoms with van der Waals surface area (Å²) in [4.78, 5) is 18.9. The molecule has 0 radical (unpaired) electrons. The second kappa shape index (κ2) is 8.03. The molecule has 31 heavy (non-hydrogen) atoms. The zero-order valence-electron chi connectivity index (χ0n) is 16.4. The fourth-order valence-corrected chi connectivity index (χ4v) is 8.07.